The highest BCUT2D eigenvalue weighted by Crippen LogP contribution is 2.27. The molecule has 0 spiro atoms. The van der Waals surface area contributed by atoms with E-state index in [9.17, 15) is 9.18 Å². The first-order chi connectivity index (χ1) is 14.2. The van der Waals surface area contributed by atoms with Gasteiger partial charge in [-0.2, -0.15) is 0 Å². The number of hydrogen-bond donors (Lipinski definition) is 0. The van der Waals surface area contributed by atoms with Gasteiger partial charge in [0.2, 0.25) is 0 Å². The van der Waals surface area contributed by atoms with Gasteiger partial charge in [0.1, 0.15) is 5.82 Å². The third-order valence-electron chi connectivity index (χ3n) is 5.74. The van der Waals surface area contributed by atoms with E-state index in [1.54, 1.807) is 12.3 Å². The van der Waals surface area contributed by atoms with Crippen molar-refractivity contribution in [3.8, 4) is 5.75 Å². The average molecular weight is 398 g/mol. The molecule has 0 bridgehead atoms. The van der Waals surface area contributed by atoms with Crippen LogP contribution in [0.2, 0.25) is 0 Å². The third-order valence-corrected chi connectivity index (χ3v) is 5.74. The molecular formula is C22H27FN4O2. The number of rotatable bonds is 4. The predicted octanol–water partition coefficient (Wildman–Crippen LogP) is 3.18. The van der Waals surface area contributed by atoms with E-state index in [-0.39, 0.29) is 17.5 Å². The van der Waals surface area contributed by atoms with Gasteiger partial charge in [0.15, 0.2) is 11.6 Å². The maximum Gasteiger partial charge on any atom is 0.257 e. The van der Waals surface area contributed by atoms with Crippen LogP contribution in [-0.4, -0.2) is 62.2 Å². The normalized spacial score (nSPS) is 17.4. The summed E-state index contributed by atoms with van der Waals surface area (Å²) in [5.41, 5.74) is 1.52. The Labute approximate surface area is 170 Å². The van der Waals surface area contributed by atoms with Gasteiger partial charge < -0.3 is 19.4 Å². The Kier molecular flexibility index (Phi) is 5.83. The van der Waals surface area contributed by atoms with Crippen molar-refractivity contribution in [1.82, 2.24) is 9.88 Å². The van der Waals surface area contributed by atoms with E-state index < -0.39 is 0 Å². The summed E-state index contributed by atoms with van der Waals surface area (Å²) in [4.78, 5) is 23.8. The third kappa shape index (κ3) is 4.13. The summed E-state index contributed by atoms with van der Waals surface area (Å²) in [7, 11) is 1.46. The topological polar surface area (TPSA) is 48.9 Å². The van der Waals surface area contributed by atoms with Gasteiger partial charge >= 0.3 is 0 Å². The predicted molar refractivity (Wildman–Crippen MR) is 111 cm³/mol. The zero-order valence-corrected chi connectivity index (χ0v) is 16.8. The van der Waals surface area contributed by atoms with Gasteiger partial charge in [0.25, 0.3) is 5.91 Å². The molecule has 0 radical (unpaired) electrons. The lowest BCUT2D eigenvalue weighted by molar-refractivity contribution is 0.0724. The Morgan fingerprint density at radius 3 is 2.41 bits per heavy atom. The summed E-state index contributed by atoms with van der Waals surface area (Å²) in [6, 6.07) is 8.76. The monoisotopic (exact) mass is 398 g/mol. The lowest BCUT2D eigenvalue weighted by atomic mass is 10.1. The SMILES string of the molecule is COc1ccc(N2CCN(c3ncccc3C(=O)N3CCCCC3)CC2)cc1F. The van der Waals surface area contributed by atoms with E-state index in [1.165, 1.54) is 19.6 Å². The van der Waals surface area contributed by atoms with Crippen LogP contribution in [0, 0.1) is 5.82 Å². The highest BCUT2D eigenvalue weighted by Gasteiger charge is 2.26. The smallest absolute Gasteiger partial charge is 0.257 e. The number of likely N-dealkylation sites (tertiary alicyclic amines) is 1. The van der Waals surface area contributed by atoms with Gasteiger partial charge in [0, 0.05) is 57.2 Å². The van der Waals surface area contributed by atoms with Gasteiger partial charge in [-0.15, -0.1) is 0 Å². The molecule has 3 heterocycles. The number of ether oxygens (including phenoxy) is 1. The maximum atomic E-state index is 14.1. The van der Waals surface area contributed by atoms with Crippen molar-refractivity contribution in [2.24, 2.45) is 0 Å². The molecule has 2 saturated heterocycles. The van der Waals surface area contributed by atoms with Crippen LogP contribution in [0.1, 0.15) is 29.6 Å². The summed E-state index contributed by atoms with van der Waals surface area (Å²) in [6.45, 7) is 4.57. The first-order valence-corrected chi connectivity index (χ1v) is 10.2. The van der Waals surface area contributed by atoms with Crippen LogP contribution >= 0.6 is 0 Å². The minimum absolute atomic E-state index is 0.0763. The molecule has 0 atom stereocenters. The standard InChI is InChI=1S/C22H27FN4O2/c1-29-20-8-7-17(16-19(20)23)25-12-14-26(15-13-25)21-18(6-5-9-24-21)22(28)27-10-3-2-4-11-27/h5-9,16H,2-4,10-15H2,1H3. The second-order valence-corrected chi connectivity index (χ2v) is 7.52. The Morgan fingerprint density at radius 2 is 1.72 bits per heavy atom. The number of aromatic nitrogens is 1. The molecule has 4 rings (SSSR count). The molecule has 1 aromatic heterocycles. The zero-order valence-electron chi connectivity index (χ0n) is 16.8. The Bertz CT molecular complexity index is 862. The fourth-order valence-electron chi connectivity index (χ4n) is 4.11. The lowest BCUT2D eigenvalue weighted by Gasteiger charge is -2.37. The van der Waals surface area contributed by atoms with E-state index in [4.69, 9.17) is 4.74 Å². The molecule has 154 valence electrons. The number of piperidine rings is 1. The molecule has 29 heavy (non-hydrogen) atoms. The molecule has 6 nitrogen and oxygen atoms in total. The van der Waals surface area contributed by atoms with Crippen LogP contribution in [-0.2, 0) is 0 Å². The van der Waals surface area contributed by atoms with Crippen molar-refractivity contribution in [2.45, 2.75) is 19.3 Å². The van der Waals surface area contributed by atoms with Crippen molar-refractivity contribution in [3.05, 3.63) is 47.9 Å². The molecule has 2 fully saturated rings. The van der Waals surface area contributed by atoms with Gasteiger partial charge in [0.05, 0.1) is 12.7 Å². The Morgan fingerprint density at radius 1 is 1.00 bits per heavy atom. The number of benzene rings is 1. The fourth-order valence-corrected chi connectivity index (χ4v) is 4.11. The Hall–Kier alpha value is -2.83. The highest BCUT2D eigenvalue weighted by molar-refractivity contribution is 5.99. The quantitative estimate of drug-likeness (QED) is 0.792. The summed E-state index contributed by atoms with van der Waals surface area (Å²) in [5.74, 6) is 0.726. The molecule has 7 heteroatoms. The number of nitrogens with zero attached hydrogens (tertiary/aromatic N) is 4. The average Bonchev–Trinajstić information content (AvgIpc) is 2.79. The number of methoxy groups -OCH3 is 1. The van der Waals surface area contributed by atoms with Crippen LogP contribution in [0.5, 0.6) is 5.75 Å². The number of carbonyl (C=O) groups is 1. The molecule has 1 amide bonds. The van der Waals surface area contributed by atoms with Gasteiger partial charge in [-0.25, -0.2) is 9.37 Å². The molecule has 2 aromatic rings. The number of piperazine rings is 1. The fraction of sp³-hybridized carbons (Fsp3) is 0.455. The van der Waals surface area contributed by atoms with Crippen LogP contribution in [0.4, 0.5) is 15.9 Å². The minimum atomic E-state index is -0.355. The van der Waals surface area contributed by atoms with Crippen molar-refractivity contribution in [2.75, 3.05) is 56.2 Å². The first-order valence-electron chi connectivity index (χ1n) is 10.2. The van der Waals surface area contributed by atoms with Crippen molar-refractivity contribution in [1.29, 1.82) is 0 Å². The molecule has 2 aliphatic rings. The van der Waals surface area contributed by atoms with Crippen LogP contribution < -0.4 is 14.5 Å². The lowest BCUT2D eigenvalue weighted by Crippen LogP contribution is -2.47. The van der Waals surface area contributed by atoms with Crippen LogP contribution in [0.15, 0.2) is 36.5 Å². The van der Waals surface area contributed by atoms with Crippen molar-refractivity contribution in [3.63, 3.8) is 0 Å². The number of hydrogen-bond acceptors (Lipinski definition) is 5. The molecule has 0 aliphatic carbocycles. The summed E-state index contributed by atoms with van der Waals surface area (Å²) in [6.07, 6.45) is 5.07. The second kappa shape index (κ2) is 8.68. The molecular weight excluding hydrogens is 371 g/mol. The minimum Gasteiger partial charge on any atom is -0.494 e. The summed E-state index contributed by atoms with van der Waals surface area (Å²) in [5, 5.41) is 0. The molecule has 0 saturated carbocycles. The van der Waals surface area contributed by atoms with Crippen LogP contribution in [0.25, 0.3) is 0 Å². The number of amides is 1. The molecule has 0 N–H and O–H groups in total. The highest BCUT2D eigenvalue weighted by atomic mass is 19.1. The number of halogens is 1. The molecule has 2 aliphatic heterocycles. The van der Waals surface area contributed by atoms with Crippen molar-refractivity contribution < 1.29 is 13.9 Å². The van der Waals surface area contributed by atoms with Crippen LogP contribution in [0.3, 0.4) is 0 Å². The van der Waals surface area contributed by atoms with E-state index in [0.717, 1.165) is 63.6 Å². The number of carbonyl (C=O) groups excluding carboxylic acids is 1. The molecule has 0 unspecified atom stereocenters. The number of pyridine rings is 1. The van der Waals surface area contributed by atoms with E-state index in [2.05, 4.69) is 14.8 Å². The number of anilines is 2. The second-order valence-electron chi connectivity index (χ2n) is 7.52. The summed E-state index contributed by atoms with van der Waals surface area (Å²) >= 11 is 0. The summed E-state index contributed by atoms with van der Waals surface area (Å²) < 4.78 is 19.1. The van der Waals surface area contributed by atoms with E-state index in [1.807, 2.05) is 23.1 Å². The first kappa shape index (κ1) is 19.5. The van der Waals surface area contributed by atoms with Gasteiger partial charge in [-0.3, -0.25) is 4.79 Å². The van der Waals surface area contributed by atoms with Crippen molar-refractivity contribution >= 4 is 17.4 Å². The largest absolute Gasteiger partial charge is 0.494 e. The van der Waals surface area contributed by atoms with Gasteiger partial charge in [-0.05, 0) is 43.5 Å². The zero-order chi connectivity index (χ0) is 20.2. The Balaban J connectivity index is 1.46. The van der Waals surface area contributed by atoms with E-state index in [0.29, 0.717) is 5.56 Å². The molecule has 1 aromatic carbocycles. The van der Waals surface area contributed by atoms with E-state index >= 15 is 0 Å². The van der Waals surface area contributed by atoms with Gasteiger partial charge in [-0.1, -0.05) is 0 Å². The maximum absolute atomic E-state index is 14.1.